The summed E-state index contributed by atoms with van der Waals surface area (Å²) in [6.07, 6.45) is 1.57. The summed E-state index contributed by atoms with van der Waals surface area (Å²) in [7, 11) is 1.61. The Kier molecular flexibility index (Phi) is 4.81. The number of hydrogen-bond donors (Lipinski definition) is 2. The number of hydrazone groups is 1. The van der Waals surface area contributed by atoms with Crippen molar-refractivity contribution in [3.8, 4) is 17.2 Å². The lowest BCUT2D eigenvalue weighted by Gasteiger charge is -2.06. The Hall–Kier alpha value is -3.22. The molecule has 0 aromatic heterocycles. The predicted octanol–water partition coefficient (Wildman–Crippen LogP) is 1.99. The first-order chi connectivity index (χ1) is 11.7. The third-order valence-corrected chi connectivity index (χ3v) is 3.34. The molecule has 0 atom stereocenters. The molecule has 7 heteroatoms. The number of nitrogens with one attached hydrogen (secondary N) is 2. The molecule has 1 amide bonds. The minimum Gasteiger partial charge on any atom is -0.497 e. The summed E-state index contributed by atoms with van der Waals surface area (Å²) in [5.41, 5.74) is 4.10. The van der Waals surface area contributed by atoms with E-state index >= 15 is 0 Å². The summed E-state index contributed by atoms with van der Waals surface area (Å²) in [4.78, 5) is 11.8. The molecule has 0 saturated carbocycles. The molecule has 24 heavy (non-hydrogen) atoms. The Bertz CT molecular complexity index is 744. The molecular formula is C17H17N3O4. The van der Waals surface area contributed by atoms with Gasteiger partial charge in [0.1, 0.15) is 5.75 Å². The average Bonchev–Trinajstić information content (AvgIpc) is 3.08. The van der Waals surface area contributed by atoms with E-state index in [1.165, 1.54) is 0 Å². The van der Waals surface area contributed by atoms with Gasteiger partial charge in [0, 0.05) is 11.8 Å². The number of fused-ring (bicyclic) bond motifs is 1. The lowest BCUT2D eigenvalue weighted by Crippen LogP contribution is -2.25. The van der Waals surface area contributed by atoms with E-state index in [-0.39, 0.29) is 19.2 Å². The van der Waals surface area contributed by atoms with E-state index in [2.05, 4.69) is 15.8 Å². The molecule has 2 aromatic carbocycles. The fourth-order valence-electron chi connectivity index (χ4n) is 2.10. The number of methoxy groups -OCH3 is 1. The highest BCUT2D eigenvalue weighted by atomic mass is 16.7. The minimum atomic E-state index is -0.252. The second kappa shape index (κ2) is 7.36. The topological polar surface area (TPSA) is 81.2 Å². The van der Waals surface area contributed by atoms with Gasteiger partial charge >= 0.3 is 0 Å². The minimum absolute atomic E-state index is 0.0968. The molecule has 3 rings (SSSR count). The van der Waals surface area contributed by atoms with Crippen molar-refractivity contribution in [3.05, 3.63) is 48.0 Å². The van der Waals surface area contributed by atoms with E-state index in [0.29, 0.717) is 11.5 Å². The molecule has 0 saturated heterocycles. The first kappa shape index (κ1) is 15.7. The number of carbonyl (C=O) groups is 1. The Labute approximate surface area is 139 Å². The molecule has 0 fully saturated rings. The van der Waals surface area contributed by atoms with Crippen molar-refractivity contribution in [3.63, 3.8) is 0 Å². The van der Waals surface area contributed by atoms with E-state index in [1.807, 2.05) is 30.3 Å². The third-order valence-electron chi connectivity index (χ3n) is 3.34. The Morgan fingerprint density at radius 3 is 2.79 bits per heavy atom. The van der Waals surface area contributed by atoms with E-state index in [4.69, 9.17) is 14.2 Å². The molecule has 2 aromatic rings. The number of amides is 1. The van der Waals surface area contributed by atoms with Gasteiger partial charge in [-0.1, -0.05) is 0 Å². The van der Waals surface area contributed by atoms with E-state index in [1.54, 1.807) is 25.5 Å². The molecule has 0 unspecified atom stereocenters. The molecule has 1 aliphatic heterocycles. The Balaban J connectivity index is 1.46. The smallest absolute Gasteiger partial charge is 0.259 e. The predicted molar refractivity (Wildman–Crippen MR) is 89.8 cm³/mol. The third kappa shape index (κ3) is 3.95. The quantitative estimate of drug-likeness (QED) is 0.626. The van der Waals surface area contributed by atoms with Gasteiger partial charge in [0.05, 0.1) is 19.9 Å². The van der Waals surface area contributed by atoms with Gasteiger partial charge in [-0.2, -0.15) is 5.10 Å². The number of hydrogen-bond acceptors (Lipinski definition) is 6. The van der Waals surface area contributed by atoms with Crippen LogP contribution in [0.4, 0.5) is 5.69 Å². The normalized spacial score (nSPS) is 12.2. The van der Waals surface area contributed by atoms with Crippen molar-refractivity contribution < 1.29 is 19.0 Å². The highest BCUT2D eigenvalue weighted by molar-refractivity contribution is 5.84. The second-order valence-corrected chi connectivity index (χ2v) is 4.99. The number of carbonyl (C=O) groups excluding carboxylic acids is 1. The summed E-state index contributed by atoms with van der Waals surface area (Å²) in [6, 6.07) is 12.7. The van der Waals surface area contributed by atoms with Crippen LogP contribution in [0.5, 0.6) is 17.2 Å². The van der Waals surface area contributed by atoms with Gasteiger partial charge in [-0.05, 0) is 42.0 Å². The molecule has 124 valence electrons. The molecule has 1 heterocycles. The molecular weight excluding hydrogens is 310 g/mol. The average molecular weight is 327 g/mol. The zero-order valence-electron chi connectivity index (χ0n) is 13.1. The summed E-state index contributed by atoms with van der Waals surface area (Å²) < 4.78 is 15.6. The largest absolute Gasteiger partial charge is 0.497 e. The highest BCUT2D eigenvalue weighted by Gasteiger charge is 2.13. The Morgan fingerprint density at radius 1 is 1.21 bits per heavy atom. The van der Waals surface area contributed by atoms with Crippen LogP contribution in [0.3, 0.4) is 0 Å². The van der Waals surface area contributed by atoms with Crippen LogP contribution in [0, 0.1) is 0 Å². The maximum Gasteiger partial charge on any atom is 0.259 e. The van der Waals surface area contributed by atoms with Crippen molar-refractivity contribution in [2.45, 2.75) is 0 Å². The van der Waals surface area contributed by atoms with Crippen molar-refractivity contribution >= 4 is 17.8 Å². The lowest BCUT2D eigenvalue weighted by molar-refractivity contribution is -0.119. The zero-order valence-corrected chi connectivity index (χ0v) is 13.1. The van der Waals surface area contributed by atoms with Crippen LogP contribution < -0.4 is 25.0 Å². The molecule has 0 radical (unpaired) electrons. The van der Waals surface area contributed by atoms with Crippen molar-refractivity contribution in [2.75, 3.05) is 25.8 Å². The second-order valence-electron chi connectivity index (χ2n) is 4.99. The van der Waals surface area contributed by atoms with Gasteiger partial charge in [0.25, 0.3) is 5.91 Å². The maximum absolute atomic E-state index is 11.8. The van der Waals surface area contributed by atoms with E-state index in [9.17, 15) is 4.79 Å². The van der Waals surface area contributed by atoms with Crippen molar-refractivity contribution in [1.82, 2.24) is 5.43 Å². The first-order valence-corrected chi connectivity index (χ1v) is 7.34. The van der Waals surface area contributed by atoms with Crippen molar-refractivity contribution in [2.24, 2.45) is 5.10 Å². The van der Waals surface area contributed by atoms with E-state index < -0.39 is 0 Å². The van der Waals surface area contributed by atoms with Crippen LogP contribution in [0.2, 0.25) is 0 Å². The van der Waals surface area contributed by atoms with Crippen LogP contribution in [0.1, 0.15) is 5.56 Å². The number of anilines is 1. The number of benzene rings is 2. The highest BCUT2D eigenvalue weighted by Crippen LogP contribution is 2.34. The van der Waals surface area contributed by atoms with Crippen LogP contribution >= 0.6 is 0 Å². The molecule has 0 aliphatic carbocycles. The molecule has 2 N–H and O–H groups in total. The molecule has 0 bridgehead atoms. The van der Waals surface area contributed by atoms with Crippen LogP contribution in [-0.2, 0) is 4.79 Å². The maximum atomic E-state index is 11.8. The van der Waals surface area contributed by atoms with E-state index in [0.717, 1.165) is 17.0 Å². The summed E-state index contributed by atoms with van der Waals surface area (Å²) >= 11 is 0. The van der Waals surface area contributed by atoms with Gasteiger partial charge in [-0.3, -0.25) is 4.79 Å². The van der Waals surface area contributed by atoms with Crippen LogP contribution in [0.15, 0.2) is 47.6 Å². The monoisotopic (exact) mass is 327 g/mol. The summed E-state index contributed by atoms with van der Waals surface area (Å²) in [5, 5.41) is 6.92. The summed E-state index contributed by atoms with van der Waals surface area (Å²) in [6.45, 7) is 0.318. The molecule has 7 nitrogen and oxygen atoms in total. The van der Waals surface area contributed by atoms with Gasteiger partial charge in [-0.15, -0.1) is 0 Å². The van der Waals surface area contributed by atoms with Gasteiger partial charge in [0.15, 0.2) is 11.5 Å². The van der Waals surface area contributed by atoms with Crippen molar-refractivity contribution in [1.29, 1.82) is 0 Å². The van der Waals surface area contributed by atoms with Gasteiger partial charge in [-0.25, -0.2) is 5.43 Å². The fourth-order valence-corrected chi connectivity index (χ4v) is 2.10. The number of ether oxygens (including phenoxy) is 3. The zero-order chi connectivity index (χ0) is 16.8. The number of rotatable bonds is 6. The summed E-state index contributed by atoms with van der Waals surface area (Å²) in [5.74, 6) is 1.88. The van der Waals surface area contributed by atoms with Gasteiger partial charge < -0.3 is 19.5 Å². The number of nitrogens with zero attached hydrogens (tertiary/aromatic N) is 1. The van der Waals surface area contributed by atoms with Crippen LogP contribution in [0.25, 0.3) is 0 Å². The first-order valence-electron chi connectivity index (χ1n) is 7.34. The fraction of sp³-hybridized carbons (Fsp3) is 0.176. The SMILES string of the molecule is COc1ccc(/C=N\NC(=O)CNc2ccc3c(c2)OCO3)cc1. The van der Waals surface area contributed by atoms with Crippen LogP contribution in [-0.4, -0.2) is 32.6 Å². The lowest BCUT2D eigenvalue weighted by atomic mass is 10.2. The molecule has 0 spiro atoms. The Morgan fingerprint density at radius 2 is 2.00 bits per heavy atom. The van der Waals surface area contributed by atoms with Gasteiger partial charge in [0.2, 0.25) is 6.79 Å². The molecule has 1 aliphatic rings. The standard InChI is InChI=1S/C17H17N3O4/c1-22-14-5-2-12(3-6-14)9-19-20-17(21)10-18-13-4-7-15-16(8-13)24-11-23-15/h2-9,18H,10-11H2,1H3,(H,20,21)/b19-9-.